The first-order chi connectivity index (χ1) is 8.46. The van der Waals surface area contributed by atoms with Gasteiger partial charge in [-0.25, -0.2) is 0 Å². The number of hydrogen-bond donors (Lipinski definition) is 2. The molecular formula is C10H17N3O4S. The lowest BCUT2D eigenvalue weighted by Crippen LogP contribution is -2.51. The largest absolute Gasteiger partial charge is 0.340 e. The zero-order valence-electron chi connectivity index (χ0n) is 10.0. The third-order valence-corrected chi connectivity index (χ3v) is 3.87. The summed E-state index contributed by atoms with van der Waals surface area (Å²) < 4.78 is 27.9. The first-order valence-electron chi connectivity index (χ1n) is 5.74. The van der Waals surface area contributed by atoms with Crippen LogP contribution in [-0.2, 0) is 19.1 Å². The second kappa shape index (κ2) is 6.13. The van der Waals surface area contributed by atoms with Crippen molar-refractivity contribution in [2.24, 2.45) is 5.73 Å². The highest BCUT2D eigenvalue weighted by molar-refractivity contribution is 7.86. The van der Waals surface area contributed by atoms with E-state index < -0.39 is 27.5 Å². The van der Waals surface area contributed by atoms with E-state index in [2.05, 4.69) is 5.32 Å². The number of nitrogens with zero attached hydrogens (tertiary/aromatic N) is 1. The number of amides is 1. The topological polar surface area (TPSA) is 122 Å². The molecule has 3 N–H and O–H groups in total. The van der Waals surface area contributed by atoms with Crippen LogP contribution in [0.3, 0.4) is 0 Å². The smallest absolute Gasteiger partial charge is 0.281 e. The van der Waals surface area contributed by atoms with Gasteiger partial charge in [-0.05, 0) is 25.7 Å². The molecule has 8 heteroatoms. The van der Waals surface area contributed by atoms with E-state index in [-0.39, 0.29) is 6.54 Å². The fourth-order valence-corrected chi connectivity index (χ4v) is 2.83. The molecule has 0 spiro atoms. The molecule has 0 saturated heterocycles. The van der Waals surface area contributed by atoms with Crippen LogP contribution < -0.4 is 11.1 Å². The van der Waals surface area contributed by atoms with Gasteiger partial charge in [-0.15, -0.1) is 0 Å². The zero-order valence-corrected chi connectivity index (χ0v) is 10.8. The zero-order chi connectivity index (χ0) is 13.6. The molecule has 0 atom stereocenters. The minimum atomic E-state index is -3.91. The third-order valence-electron chi connectivity index (χ3n) is 2.89. The predicted octanol–water partition coefficient (Wildman–Crippen LogP) is -0.408. The number of nitrogens with one attached hydrogen (secondary N) is 1. The highest BCUT2D eigenvalue weighted by Gasteiger charge is 2.44. The SMILES string of the molecule is N#CCNC(=O)C1(OS(=O)(=O)CN)CCCCC1. The number of hydrogen-bond acceptors (Lipinski definition) is 6. The molecule has 1 fully saturated rings. The molecular weight excluding hydrogens is 258 g/mol. The van der Waals surface area contributed by atoms with Gasteiger partial charge in [-0.2, -0.15) is 13.7 Å². The first-order valence-corrected chi connectivity index (χ1v) is 7.32. The van der Waals surface area contributed by atoms with Gasteiger partial charge in [0, 0.05) is 0 Å². The summed E-state index contributed by atoms with van der Waals surface area (Å²) >= 11 is 0. The Balaban J connectivity index is 2.88. The molecule has 1 amide bonds. The molecule has 1 aliphatic carbocycles. The van der Waals surface area contributed by atoms with E-state index in [1.54, 1.807) is 6.07 Å². The van der Waals surface area contributed by atoms with Crippen LogP contribution in [0.2, 0.25) is 0 Å². The van der Waals surface area contributed by atoms with Crippen molar-refractivity contribution in [1.82, 2.24) is 5.32 Å². The number of rotatable bonds is 5. The number of carbonyl (C=O) groups is 1. The Morgan fingerprint density at radius 2 is 2.00 bits per heavy atom. The summed E-state index contributed by atoms with van der Waals surface area (Å²) in [7, 11) is -3.91. The summed E-state index contributed by atoms with van der Waals surface area (Å²) in [6, 6.07) is 1.77. The fraction of sp³-hybridized carbons (Fsp3) is 0.800. The summed E-state index contributed by atoms with van der Waals surface area (Å²) in [5.74, 6) is -1.22. The molecule has 102 valence electrons. The average molecular weight is 275 g/mol. The van der Waals surface area contributed by atoms with Gasteiger partial charge >= 0.3 is 0 Å². The Bertz CT molecular complexity index is 435. The van der Waals surface area contributed by atoms with Crippen LogP contribution in [0.15, 0.2) is 0 Å². The lowest BCUT2D eigenvalue weighted by molar-refractivity contribution is -0.139. The van der Waals surface area contributed by atoms with Gasteiger partial charge in [0.2, 0.25) is 0 Å². The van der Waals surface area contributed by atoms with Gasteiger partial charge in [0.1, 0.15) is 12.4 Å². The number of nitrogens with two attached hydrogens (primary N) is 1. The molecule has 1 aliphatic rings. The van der Waals surface area contributed by atoms with E-state index >= 15 is 0 Å². The van der Waals surface area contributed by atoms with Crippen LogP contribution in [0.4, 0.5) is 0 Å². The van der Waals surface area contributed by atoms with Crippen molar-refractivity contribution in [3.05, 3.63) is 0 Å². The minimum Gasteiger partial charge on any atom is -0.340 e. The van der Waals surface area contributed by atoms with Crippen molar-refractivity contribution in [3.63, 3.8) is 0 Å². The van der Waals surface area contributed by atoms with Crippen molar-refractivity contribution in [3.8, 4) is 6.07 Å². The Kier molecular flexibility index (Phi) is 5.07. The molecule has 0 aliphatic heterocycles. The maximum Gasteiger partial charge on any atom is 0.281 e. The normalized spacial score (nSPS) is 18.9. The summed E-state index contributed by atoms with van der Waals surface area (Å²) in [6.07, 6.45) is 2.99. The van der Waals surface area contributed by atoms with E-state index in [9.17, 15) is 13.2 Å². The molecule has 1 saturated carbocycles. The van der Waals surface area contributed by atoms with Crippen LogP contribution in [0.1, 0.15) is 32.1 Å². The maximum absolute atomic E-state index is 12.0. The van der Waals surface area contributed by atoms with Crippen molar-refractivity contribution in [2.45, 2.75) is 37.7 Å². The third kappa shape index (κ3) is 3.66. The van der Waals surface area contributed by atoms with Gasteiger partial charge in [-0.3, -0.25) is 8.98 Å². The molecule has 0 aromatic rings. The van der Waals surface area contributed by atoms with Gasteiger partial charge in [0.05, 0.1) is 6.07 Å². The van der Waals surface area contributed by atoms with E-state index in [0.717, 1.165) is 6.42 Å². The van der Waals surface area contributed by atoms with Crippen LogP contribution in [-0.4, -0.2) is 32.3 Å². The minimum absolute atomic E-state index is 0.174. The van der Waals surface area contributed by atoms with Crippen molar-refractivity contribution < 1.29 is 17.4 Å². The van der Waals surface area contributed by atoms with E-state index in [1.807, 2.05) is 0 Å². The molecule has 18 heavy (non-hydrogen) atoms. The number of carbonyl (C=O) groups excluding carboxylic acids is 1. The van der Waals surface area contributed by atoms with Crippen molar-refractivity contribution in [2.75, 3.05) is 12.4 Å². The molecule has 7 nitrogen and oxygen atoms in total. The van der Waals surface area contributed by atoms with Crippen LogP contribution in [0.5, 0.6) is 0 Å². The summed E-state index contributed by atoms with van der Waals surface area (Å²) in [4.78, 5) is 12.0. The quantitative estimate of drug-likeness (QED) is 0.519. The second-order valence-electron chi connectivity index (χ2n) is 4.20. The van der Waals surface area contributed by atoms with Crippen LogP contribution >= 0.6 is 0 Å². The molecule has 0 unspecified atom stereocenters. The predicted molar refractivity (Wildman–Crippen MR) is 63.5 cm³/mol. The summed E-state index contributed by atoms with van der Waals surface area (Å²) in [5.41, 5.74) is 3.69. The molecule has 1 rings (SSSR count). The van der Waals surface area contributed by atoms with E-state index in [4.69, 9.17) is 15.2 Å². The van der Waals surface area contributed by atoms with E-state index in [1.165, 1.54) is 0 Å². The lowest BCUT2D eigenvalue weighted by Gasteiger charge is -2.34. The maximum atomic E-state index is 12.0. The molecule has 0 bridgehead atoms. The molecule has 0 radical (unpaired) electrons. The lowest BCUT2D eigenvalue weighted by atomic mass is 9.84. The second-order valence-corrected chi connectivity index (χ2v) is 5.82. The molecule has 0 heterocycles. The van der Waals surface area contributed by atoms with Crippen molar-refractivity contribution in [1.29, 1.82) is 5.26 Å². The van der Waals surface area contributed by atoms with Gasteiger partial charge < -0.3 is 11.1 Å². The summed E-state index contributed by atoms with van der Waals surface area (Å²) in [5, 5.41) is 10.8. The van der Waals surface area contributed by atoms with Crippen LogP contribution in [0, 0.1) is 11.3 Å². The fourth-order valence-electron chi connectivity index (χ4n) is 2.03. The molecule has 0 aromatic carbocycles. The number of nitriles is 1. The Morgan fingerprint density at radius 3 is 2.50 bits per heavy atom. The first kappa shape index (κ1) is 14.9. The van der Waals surface area contributed by atoms with E-state index in [0.29, 0.717) is 25.7 Å². The standard InChI is InChI=1S/C10H17N3O4S/c11-6-7-13-9(14)10(4-2-1-3-5-10)17-18(15,16)8-12/h1-5,7-8,12H2,(H,13,14). The highest BCUT2D eigenvalue weighted by atomic mass is 32.2. The van der Waals surface area contributed by atoms with Crippen LogP contribution in [0.25, 0.3) is 0 Å². The van der Waals surface area contributed by atoms with Gasteiger partial charge in [0.15, 0.2) is 5.60 Å². The molecule has 0 aromatic heterocycles. The van der Waals surface area contributed by atoms with Gasteiger partial charge in [0.25, 0.3) is 16.0 Å². The Hall–Kier alpha value is -1.17. The average Bonchev–Trinajstić information content (AvgIpc) is 2.36. The highest BCUT2D eigenvalue weighted by Crippen LogP contribution is 2.33. The van der Waals surface area contributed by atoms with Gasteiger partial charge in [-0.1, -0.05) is 6.42 Å². The Morgan fingerprint density at radius 1 is 1.39 bits per heavy atom. The van der Waals surface area contributed by atoms with Crippen molar-refractivity contribution >= 4 is 16.0 Å². The summed E-state index contributed by atoms with van der Waals surface area (Å²) in [6.45, 7) is -0.174. The monoisotopic (exact) mass is 275 g/mol. The Labute approximate surface area is 106 Å².